The molecule has 0 saturated heterocycles. The van der Waals surface area contributed by atoms with Crippen LogP contribution in [-0.4, -0.2) is 4.98 Å². The molecule has 0 saturated carbocycles. The van der Waals surface area contributed by atoms with Crippen molar-refractivity contribution in [3.63, 3.8) is 0 Å². The molecular formula is C59H38N2S2. The summed E-state index contributed by atoms with van der Waals surface area (Å²) < 4.78 is 5.09. The van der Waals surface area contributed by atoms with Crippen LogP contribution >= 0.6 is 22.7 Å². The Labute approximate surface area is 374 Å². The van der Waals surface area contributed by atoms with E-state index in [0.29, 0.717) is 0 Å². The largest absolute Gasteiger partial charge is 0.310 e. The monoisotopic (exact) mass is 838 g/mol. The van der Waals surface area contributed by atoms with E-state index in [4.69, 9.17) is 4.98 Å². The predicted octanol–water partition coefficient (Wildman–Crippen LogP) is 17.6. The molecule has 0 aliphatic carbocycles. The van der Waals surface area contributed by atoms with Gasteiger partial charge in [0.05, 0.1) is 11.4 Å². The maximum absolute atomic E-state index is 5.38. The number of thiophene rings is 2. The molecule has 0 aliphatic heterocycles. The van der Waals surface area contributed by atoms with Gasteiger partial charge in [0.2, 0.25) is 0 Å². The van der Waals surface area contributed by atoms with Gasteiger partial charge in [-0.25, -0.2) is 4.98 Å². The number of fused-ring (bicyclic) bond motifs is 6. The highest BCUT2D eigenvalue weighted by Crippen LogP contribution is 2.45. The Kier molecular flexibility index (Phi) is 9.25. The summed E-state index contributed by atoms with van der Waals surface area (Å²) in [6, 6.07) is 83.2. The lowest BCUT2D eigenvalue weighted by atomic mass is 9.98. The van der Waals surface area contributed by atoms with Crippen molar-refractivity contribution in [3.8, 4) is 55.9 Å². The molecule has 0 spiro atoms. The fourth-order valence-electron chi connectivity index (χ4n) is 8.99. The van der Waals surface area contributed by atoms with E-state index in [9.17, 15) is 0 Å². The molecule has 12 rings (SSSR count). The molecule has 2 nitrogen and oxygen atoms in total. The highest BCUT2D eigenvalue weighted by Gasteiger charge is 2.18. The first-order valence-corrected chi connectivity index (χ1v) is 22.9. The molecule has 296 valence electrons. The van der Waals surface area contributed by atoms with Crippen molar-refractivity contribution < 1.29 is 0 Å². The Morgan fingerprint density at radius 2 is 0.762 bits per heavy atom. The molecule has 0 atom stereocenters. The molecular weight excluding hydrogens is 801 g/mol. The maximum atomic E-state index is 5.38. The van der Waals surface area contributed by atoms with Crippen LogP contribution in [0.5, 0.6) is 0 Å². The molecule has 4 heteroatoms. The van der Waals surface area contributed by atoms with Gasteiger partial charge in [-0.1, -0.05) is 164 Å². The first-order chi connectivity index (χ1) is 31.2. The van der Waals surface area contributed by atoms with Crippen LogP contribution in [0, 0.1) is 0 Å². The topological polar surface area (TPSA) is 16.1 Å². The number of aromatic nitrogens is 1. The Bertz CT molecular complexity index is 3590. The quantitative estimate of drug-likeness (QED) is 0.152. The summed E-state index contributed by atoms with van der Waals surface area (Å²) in [6.07, 6.45) is 0. The fraction of sp³-hybridized carbons (Fsp3) is 0. The third kappa shape index (κ3) is 6.77. The smallest absolute Gasteiger partial charge is 0.0723 e. The van der Waals surface area contributed by atoms with E-state index in [1.807, 2.05) is 22.7 Å². The third-order valence-corrected chi connectivity index (χ3v) is 14.5. The second-order valence-electron chi connectivity index (χ2n) is 15.9. The molecule has 0 amide bonds. The van der Waals surface area contributed by atoms with Gasteiger partial charge in [-0.2, -0.15) is 0 Å². The number of hydrogen-bond acceptors (Lipinski definition) is 4. The zero-order valence-electron chi connectivity index (χ0n) is 34.2. The van der Waals surface area contributed by atoms with Gasteiger partial charge in [0.1, 0.15) is 0 Å². The minimum absolute atomic E-state index is 0.964. The van der Waals surface area contributed by atoms with Gasteiger partial charge in [-0.3, -0.25) is 0 Å². The number of benzene rings is 9. The Balaban J connectivity index is 0.909. The van der Waals surface area contributed by atoms with E-state index in [-0.39, 0.29) is 0 Å². The molecule has 0 N–H and O–H groups in total. The van der Waals surface area contributed by atoms with Crippen LogP contribution in [0.4, 0.5) is 17.1 Å². The number of hydrogen-bond donors (Lipinski definition) is 0. The number of pyridine rings is 1. The summed E-state index contributed by atoms with van der Waals surface area (Å²) in [6.45, 7) is 0. The van der Waals surface area contributed by atoms with Gasteiger partial charge < -0.3 is 4.90 Å². The molecule has 12 aromatic rings. The van der Waals surface area contributed by atoms with Crippen molar-refractivity contribution in [3.05, 3.63) is 231 Å². The van der Waals surface area contributed by atoms with Crippen LogP contribution in [-0.2, 0) is 0 Å². The summed E-state index contributed by atoms with van der Waals surface area (Å²) in [7, 11) is 0. The van der Waals surface area contributed by atoms with Crippen molar-refractivity contribution >= 4 is 80.1 Å². The van der Waals surface area contributed by atoms with Gasteiger partial charge >= 0.3 is 0 Å². The van der Waals surface area contributed by atoms with Crippen LogP contribution in [0.1, 0.15) is 0 Å². The molecule has 0 fully saturated rings. The van der Waals surface area contributed by atoms with E-state index in [1.54, 1.807) is 0 Å². The Hall–Kier alpha value is -7.63. The summed E-state index contributed by atoms with van der Waals surface area (Å²) in [4.78, 5) is 7.73. The summed E-state index contributed by atoms with van der Waals surface area (Å²) in [5, 5.41) is 5.03. The highest BCUT2D eigenvalue weighted by molar-refractivity contribution is 7.27. The molecule has 0 radical (unpaired) electrons. The third-order valence-electron chi connectivity index (χ3n) is 12.1. The molecule has 0 unspecified atom stereocenters. The SMILES string of the molecule is c1ccc(-c2ccc(-c3cccc4c3sc3c(-c5cccc(-c6ccc7sc8ccc(N(c9ccccc9)c9ccc(-c%10ccccc%10)cc9)cc8c7c6)n5)cccc34)cc2)cc1. The van der Waals surface area contributed by atoms with E-state index >= 15 is 0 Å². The molecule has 9 aromatic carbocycles. The maximum Gasteiger partial charge on any atom is 0.0723 e. The minimum Gasteiger partial charge on any atom is -0.310 e. The first-order valence-electron chi connectivity index (χ1n) is 21.3. The van der Waals surface area contributed by atoms with E-state index < -0.39 is 0 Å². The number of para-hydroxylation sites is 1. The van der Waals surface area contributed by atoms with Crippen molar-refractivity contribution in [1.82, 2.24) is 4.98 Å². The van der Waals surface area contributed by atoms with Crippen LogP contribution in [0.3, 0.4) is 0 Å². The van der Waals surface area contributed by atoms with Gasteiger partial charge in [-0.15, -0.1) is 22.7 Å². The minimum atomic E-state index is 0.964. The lowest BCUT2D eigenvalue weighted by Gasteiger charge is -2.26. The zero-order chi connectivity index (χ0) is 41.7. The van der Waals surface area contributed by atoms with Gasteiger partial charge in [-0.05, 0) is 100 Å². The normalized spacial score (nSPS) is 11.5. The standard InChI is InChI=1S/C59H38N2S2/c1-4-13-39(14-5-1)41-25-27-43(28-26-41)48-19-10-20-49-50-21-11-22-51(59(50)63-58(48)49)55-24-12-23-54(60-55)44-31-35-56-52(37-44)53-38-47(34-36-57(53)62-56)61(45-17-8-3-9-18-45)46-32-29-42(30-33-46)40-15-6-2-7-16-40/h1-38H. The van der Waals surface area contributed by atoms with Crippen molar-refractivity contribution in [2.75, 3.05) is 4.90 Å². The van der Waals surface area contributed by atoms with E-state index in [0.717, 1.165) is 39.6 Å². The second kappa shape index (κ2) is 15.7. The molecule has 0 bridgehead atoms. The van der Waals surface area contributed by atoms with Crippen LogP contribution in [0.15, 0.2) is 231 Å². The van der Waals surface area contributed by atoms with Crippen LogP contribution < -0.4 is 4.90 Å². The van der Waals surface area contributed by atoms with Gasteiger partial charge in [0.15, 0.2) is 0 Å². The van der Waals surface area contributed by atoms with Crippen molar-refractivity contribution in [2.45, 2.75) is 0 Å². The number of rotatable bonds is 8. The Morgan fingerprint density at radius 3 is 1.44 bits per heavy atom. The highest BCUT2D eigenvalue weighted by atomic mass is 32.1. The summed E-state index contributed by atoms with van der Waals surface area (Å²) >= 11 is 3.71. The number of nitrogens with zero attached hydrogens (tertiary/aromatic N) is 2. The van der Waals surface area contributed by atoms with Crippen molar-refractivity contribution in [2.24, 2.45) is 0 Å². The second-order valence-corrected chi connectivity index (χ2v) is 18.0. The zero-order valence-corrected chi connectivity index (χ0v) is 35.8. The molecule has 0 aliphatic rings. The number of anilines is 3. The van der Waals surface area contributed by atoms with Crippen LogP contribution in [0.25, 0.3) is 96.2 Å². The van der Waals surface area contributed by atoms with Gasteiger partial charge in [0, 0.05) is 68.5 Å². The fourth-order valence-corrected chi connectivity index (χ4v) is 11.4. The van der Waals surface area contributed by atoms with Crippen LogP contribution in [0.2, 0.25) is 0 Å². The van der Waals surface area contributed by atoms with E-state index in [2.05, 4.69) is 235 Å². The Morgan fingerprint density at radius 1 is 0.286 bits per heavy atom. The summed E-state index contributed by atoms with van der Waals surface area (Å²) in [5.41, 5.74) is 14.9. The predicted molar refractivity (Wildman–Crippen MR) is 272 cm³/mol. The molecule has 3 heterocycles. The lowest BCUT2D eigenvalue weighted by Crippen LogP contribution is -2.09. The molecule has 63 heavy (non-hydrogen) atoms. The van der Waals surface area contributed by atoms with E-state index in [1.165, 1.54) is 73.7 Å². The molecule has 3 aromatic heterocycles. The van der Waals surface area contributed by atoms with Crippen molar-refractivity contribution in [1.29, 1.82) is 0 Å². The first kappa shape index (κ1) is 37.2. The van der Waals surface area contributed by atoms with Gasteiger partial charge in [0.25, 0.3) is 0 Å². The lowest BCUT2D eigenvalue weighted by molar-refractivity contribution is 1.29. The average molecular weight is 839 g/mol. The summed E-state index contributed by atoms with van der Waals surface area (Å²) in [5.74, 6) is 0. The average Bonchev–Trinajstić information content (AvgIpc) is 3.93.